The van der Waals surface area contributed by atoms with Crippen molar-refractivity contribution in [2.75, 3.05) is 66.1 Å². The van der Waals surface area contributed by atoms with Crippen LogP contribution < -0.4 is 19.7 Å². The molecule has 2 aromatic rings. The van der Waals surface area contributed by atoms with Crippen LogP contribution in [-0.4, -0.2) is 90.4 Å². The van der Waals surface area contributed by atoms with Crippen LogP contribution in [0.25, 0.3) is 0 Å². The number of fused-ring (bicyclic) bond motifs is 1. The summed E-state index contributed by atoms with van der Waals surface area (Å²) in [7, 11) is 6.88. The lowest BCUT2D eigenvalue weighted by Gasteiger charge is -2.38. The summed E-state index contributed by atoms with van der Waals surface area (Å²) in [6.45, 7) is 8.76. The molecule has 43 heavy (non-hydrogen) atoms. The molecule has 2 aliphatic rings. The fourth-order valence-electron chi connectivity index (χ4n) is 5.94. The maximum Gasteiger partial charge on any atom is 0.409 e. The number of nitrogens with zero attached hydrogens (tertiary/aromatic N) is 2. The summed E-state index contributed by atoms with van der Waals surface area (Å²) in [5.41, 5.74) is 3.52. The number of carbonyl (C=O) groups is 1. The highest BCUT2D eigenvalue weighted by molar-refractivity contribution is 5.67. The van der Waals surface area contributed by atoms with Crippen molar-refractivity contribution >= 4 is 11.8 Å². The average molecular weight is 598 g/mol. The van der Waals surface area contributed by atoms with Gasteiger partial charge in [-0.05, 0) is 67.0 Å². The number of anilines is 1. The summed E-state index contributed by atoms with van der Waals surface area (Å²) >= 11 is 0. The van der Waals surface area contributed by atoms with Crippen molar-refractivity contribution in [1.82, 2.24) is 10.2 Å². The van der Waals surface area contributed by atoms with E-state index >= 15 is 0 Å². The van der Waals surface area contributed by atoms with Gasteiger partial charge in [0.15, 0.2) is 0 Å². The first kappa shape index (κ1) is 32.9. The molecule has 0 saturated carbocycles. The smallest absolute Gasteiger partial charge is 0.409 e. The van der Waals surface area contributed by atoms with Crippen molar-refractivity contribution in [3.63, 3.8) is 0 Å². The Hall–Kier alpha value is -3.01. The molecule has 1 N–H and O–H groups in total. The van der Waals surface area contributed by atoms with E-state index in [1.807, 2.05) is 12.1 Å². The molecule has 0 radical (unpaired) electrons. The molecule has 0 bridgehead atoms. The van der Waals surface area contributed by atoms with Crippen molar-refractivity contribution < 1.29 is 28.5 Å². The van der Waals surface area contributed by atoms with Gasteiger partial charge in [0.05, 0.1) is 32.1 Å². The van der Waals surface area contributed by atoms with E-state index in [2.05, 4.69) is 54.4 Å². The number of methoxy groups -OCH3 is 2. The first-order chi connectivity index (χ1) is 20.8. The molecule has 0 aromatic heterocycles. The highest BCUT2D eigenvalue weighted by atomic mass is 16.6. The van der Waals surface area contributed by atoms with Crippen molar-refractivity contribution in [3.05, 3.63) is 53.6 Å². The number of hydrogen-bond acceptors (Lipinski definition) is 8. The normalized spacial score (nSPS) is 20.7. The van der Waals surface area contributed by atoms with Crippen LogP contribution in [0.2, 0.25) is 0 Å². The number of hydrogen-bond donors (Lipinski definition) is 1. The van der Waals surface area contributed by atoms with E-state index in [-0.39, 0.29) is 30.1 Å². The standard InChI is InChI=1S/C34H51N3O6/c1-24(2)31(43-34(38)36(3)4)15-11-27-21-29(26-9-12-28(40-6)13-10-26)33(22-35-27)42-23-25-8-14-32-30(20-25)37(17-19-41-32)16-7-18-39-5/h8-10,12-14,20,24,27,29,31,33,35H,7,11,15-19,21-23H2,1-6H3/t27?,29-,31-,33+/m1/s1. The maximum absolute atomic E-state index is 12.2. The number of benzene rings is 2. The third-order valence-corrected chi connectivity index (χ3v) is 8.52. The molecule has 1 saturated heterocycles. The summed E-state index contributed by atoms with van der Waals surface area (Å²) < 4.78 is 29.1. The molecule has 1 amide bonds. The van der Waals surface area contributed by atoms with Gasteiger partial charge in [-0.15, -0.1) is 0 Å². The number of amides is 1. The average Bonchev–Trinajstić information content (AvgIpc) is 3.02. The minimum Gasteiger partial charge on any atom is -0.497 e. The van der Waals surface area contributed by atoms with Crippen LogP contribution in [0.4, 0.5) is 10.5 Å². The van der Waals surface area contributed by atoms with Crippen LogP contribution in [-0.2, 0) is 20.8 Å². The Kier molecular flexibility index (Phi) is 12.4. The van der Waals surface area contributed by atoms with Gasteiger partial charge in [-0.25, -0.2) is 4.79 Å². The van der Waals surface area contributed by atoms with Gasteiger partial charge in [0.1, 0.15) is 24.2 Å². The molecule has 2 heterocycles. The van der Waals surface area contributed by atoms with Gasteiger partial charge in [-0.3, -0.25) is 0 Å². The van der Waals surface area contributed by atoms with Crippen molar-refractivity contribution in [2.45, 2.75) is 70.3 Å². The Bertz CT molecular complexity index is 1140. The fourth-order valence-corrected chi connectivity index (χ4v) is 5.94. The first-order valence-corrected chi connectivity index (χ1v) is 15.7. The zero-order valence-electron chi connectivity index (χ0n) is 26.8. The largest absolute Gasteiger partial charge is 0.497 e. The highest BCUT2D eigenvalue weighted by Gasteiger charge is 2.33. The van der Waals surface area contributed by atoms with E-state index in [0.29, 0.717) is 19.3 Å². The molecule has 9 heteroatoms. The zero-order valence-corrected chi connectivity index (χ0v) is 26.8. The summed E-state index contributed by atoms with van der Waals surface area (Å²) in [5.74, 6) is 2.26. The zero-order chi connectivity index (χ0) is 30.8. The molecule has 0 spiro atoms. The first-order valence-electron chi connectivity index (χ1n) is 15.7. The summed E-state index contributed by atoms with van der Waals surface area (Å²) in [6, 6.07) is 15.1. The Labute approximate surface area is 257 Å². The van der Waals surface area contributed by atoms with Crippen molar-refractivity contribution in [3.8, 4) is 11.5 Å². The molecule has 0 aliphatic carbocycles. The Morgan fingerprint density at radius 2 is 1.93 bits per heavy atom. The van der Waals surface area contributed by atoms with Crippen LogP contribution in [0.3, 0.4) is 0 Å². The number of piperidine rings is 1. The Balaban J connectivity index is 1.43. The van der Waals surface area contributed by atoms with Crippen LogP contribution in [0.5, 0.6) is 11.5 Å². The van der Waals surface area contributed by atoms with E-state index in [1.54, 1.807) is 28.3 Å². The van der Waals surface area contributed by atoms with Gasteiger partial charge in [0, 0.05) is 52.9 Å². The maximum atomic E-state index is 12.2. The minimum atomic E-state index is -0.285. The Morgan fingerprint density at radius 3 is 2.63 bits per heavy atom. The second-order valence-electron chi connectivity index (χ2n) is 12.2. The van der Waals surface area contributed by atoms with Gasteiger partial charge in [-0.2, -0.15) is 0 Å². The van der Waals surface area contributed by atoms with Crippen LogP contribution in [0, 0.1) is 5.92 Å². The predicted octanol–water partition coefficient (Wildman–Crippen LogP) is 5.46. The second-order valence-corrected chi connectivity index (χ2v) is 12.2. The summed E-state index contributed by atoms with van der Waals surface area (Å²) in [4.78, 5) is 16.1. The lowest BCUT2D eigenvalue weighted by molar-refractivity contribution is -0.000407. The number of carbonyl (C=O) groups excluding carboxylic acids is 1. The molecular weight excluding hydrogens is 546 g/mol. The lowest BCUT2D eigenvalue weighted by Crippen LogP contribution is -2.47. The lowest BCUT2D eigenvalue weighted by atomic mass is 9.82. The summed E-state index contributed by atoms with van der Waals surface area (Å²) in [5, 5.41) is 3.74. The van der Waals surface area contributed by atoms with Gasteiger partial charge < -0.3 is 38.8 Å². The topological polar surface area (TPSA) is 81.7 Å². The van der Waals surface area contributed by atoms with Gasteiger partial charge in [-0.1, -0.05) is 32.0 Å². The molecule has 238 valence electrons. The van der Waals surface area contributed by atoms with Crippen LogP contribution in [0.15, 0.2) is 42.5 Å². The molecule has 1 fully saturated rings. The van der Waals surface area contributed by atoms with E-state index in [4.69, 9.17) is 23.7 Å². The predicted molar refractivity (Wildman–Crippen MR) is 169 cm³/mol. The minimum absolute atomic E-state index is 0.0159. The quantitative estimate of drug-likeness (QED) is 0.288. The van der Waals surface area contributed by atoms with E-state index < -0.39 is 0 Å². The van der Waals surface area contributed by atoms with Gasteiger partial charge in [0.2, 0.25) is 0 Å². The second kappa shape index (κ2) is 16.2. The van der Waals surface area contributed by atoms with E-state index in [1.165, 1.54) is 10.5 Å². The van der Waals surface area contributed by atoms with Gasteiger partial charge >= 0.3 is 6.09 Å². The molecular formula is C34H51N3O6. The monoisotopic (exact) mass is 597 g/mol. The highest BCUT2D eigenvalue weighted by Crippen LogP contribution is 2.35. The van der Waals surface area contributed by atoms with E-state index in [0.717, 1.165) is 74.7 Å². The van der Waals surface area contributed by atoms with E-state index in [9.17, 15) is 4.79 Å². The molecule has 4 atom stereocenters. The van der Waals surface area contributed by atoms with Crippen molar-refractivity contribution in [2.24, 2.45) is 5.92 Å². The molecule has 2 aromatic carbocycles. The van der Waals surface area contributed by atoms with Crippen LogP contribution >= 0.6 is 0 Å². The van der Waals surface area contributed by atoms with Crippen molar-refractivity contribution in [1.29, 1.82) is 0 Å². The van der Waals surface area contributed by atoms with Crippen LogP contribution in [0.1, 0.15) is 56.6 Å². The molecule has 9 nitrogen and oxygen atoms in total. The molecule has 4 rings (SSSR count). The fraction of sp³-hybridized carbons (Fsp3) is 0.618. The SMILES string of the molecule is COCCCN1CCOc2ccc(CO[C@H]3CNC(CC[C@@H](OC(=O)N(C)C)C(C)C)C[C@@H]3c3ccc(OC)cc3)cc21. The molecule has 1 unspecified atom stereocenters. The number of ether oxygens (including phenoxy) is 5. The molecule has 2 aliphatic heterocycles. The van der Waals surface area contributed by atoms with Gasteiger partial charge in [0.25, 0.3) is 0 Å². The third kappa shape index (κ3) is 9.24. The third-order valence-electron chi connectivity index (χ3n) is 8.52. The Morgan fingerprint density at radius 1 is 1.14 bits per heavy atom. The summed E-state index contributed by atoms with van der Waals surface area (Å²) in [6.07, 6.45) is 3.27. The number of rotatable bonds is 14. The number of nitrogens with one attached hydrogen (secondary N) is 1.